The first-order chi connectivity index (χ1) is 14.8. The first kappa shape index (κ1) is 20.6. The number of rotatable bonds is 5. The number of nitro groups is 1. The van der Waals surface area contributed by atoms with E-state index in [-0.39, 0.29) is 34.9 Å². The van der Waals surface area contributed by atoms with Crippen LogP contribution >= 0.6 is 11.6 Å². The monoisotopic (exact) mass is 440 g/mol. The lowest BCUT2D eigenvalue weighted by atomic mass is 9.85. The largest absolute Gasteiger partial charge is 0.508 e. The number of fused-ring (bicyclic) bond motifs is 1. The van der Waals surface area contributed by atoms with Gasteiger partial charge in [0, 0.05) is 34.4 Å². The molecule has 0 radical (unpaired) electrons. The average molecular weight is 441 g/mol. The molecule has 9 heteroatoms. The minimum atomic E-state index is -0.613. The van der Waals surface area contributed by atoms with Crippen molar-refractivity contribution >= 4 is 28.3 Å². The van der Waals surface area contributed by atoms with E-state index in [1.54, 1.807) is 37.3 Å². The van der Waals surface area contributed by atoms with Crippen LogP contribution in [-0.2, 0) is 6.42 Å². The van der Waals surface area contributed by atoms with Crippen molar-refractivity contribution in [2.75, 3.05) is 0 Å². The number of hydrogen-bond donors (Lipinski definition) is 1. The van der Waals surface area contributed by atoms with E-state index in [4.69, 9.17) is 20.5 Å². The van der Waals surface area contributed by atoms with Gasteiger partial charge in [-0.3, -0.25) is 10.1 Å². The number of aromatic nitrogens is 1. The SMILES string of the molecule is Cc1noc(CC(c2ccc(Cl)cc2)c2c(C)c3ccc(O)cc3oc2=O)c1[N+](=O)[O-]. The highest BCUT2D eigenvalue weighted by atomic mass is 35.5. The Morgan fingerprint density at radius 2 is 1.90 bits per heavy atom. The highest BCUT2D eigenvalue weighted by molar-refractivity contribution is 6.30. The van der Waals surface area contributed by atoms with E-state index in [1.807, 2.05) is 0 Å². The number of halogens is 1. The van der Waals surface area contributed by atoms with Gasteiger partial charge in [0.25, 0.3) is 0 Å². The lowest BCUT2D eigenvalue weighted by molar-refractivity contribution is -0.386. The second-order valence-corrected chi connectivity index (χ2v) is 7.65. The lowest BCUT2D eigenvalue weighted by Crippen LogP contribution is -2.18. The zero-order valence-electron chi connectivity index (χ0n) is 16.6. The fourth-order valence-electron chi connectivity index (χ4n) is 3.81. The molecule has 0 bridgehead atoms. The van der Waals surface area contributed by atoms with Gasteiger partial charge in [0.1, 0.15) is 11.3 Å². The Morgan fingerprint density at radius 1 is 1.19 bits per heavy atom. The van der Waals surface area contributed by atoms with Crippen LogP contribution in [0.25, 0.3) is 11.0 Å². The molecule has 1 atom stereocenters. The molecular formula is C22H17ClN2O6. The quantitative estimate of drug-likeness (QED) is 0.262. The van der Waals surface area contributed by atoms with E-state index >= 15 is 0 Å². The zero-order chi connectivity index (χ0) is 22.3. The van der Waals surface area contributed by atoms with Crippen molar-refractivity contribution in [2.24, 2.45) is 0 Å². The summed E-state index contributed by atoms with van der Waals surface area (Å²) in [6.07, 6.45) is 0.0218. The molecular weight excluding hydrogens is 424 g/mol. The van der Waals surface area contributed by atoms with Gasteiger partial charge < -0.3 is 14.0 Å². The fourth-order valence-corrected chi connectivity index (χ4v) is 3.93. The topological polar surface area (TPSA) is 120 Å². The van der Waals surface area contributed by atoms with Crippen LogP contribution in [0.2, 0.25) is 5.02 Å². The maximum Gasteiger partial charge on any atom is 0.340 e. The van der Waals surface area contributed by atoms with Gasteiger partial charge in [-0.2, -0.15) is 0 Å². The van der Waals surface area contributed by atoms with Crippen LogP contribution in [0.5, 0.6) is 5.75 Å². The van der Waals surface area contributed by atoms with Crippen molar-refractivity contribution in [2.45, 2.75) is 26.2 Å². The molecule has 31 heavy (non-hydrogen) atoms. The Labute approximate surface area is 180 Å². The average Bonchev–Trinajstić information content (AvgIpc) is 3.08. The minimum Gasteiger partial charge on any atom is -0.508 e. The van der Waals surface area contributed by atoms with Crippen LogP contribution in [0.15, 0.2) is 56.2 Å². The summed E-state index contributed by atoms with van der Waals surface area (Å²) in [5.41, 5.74) is 1.28. The van der Waals surface area contributed by atoms with Gasteiger partial charge in [-0.1, -0.05) is 28.9 Å². The molecule has 1 N–H and O–H groups in total. The molecule has 8 nitrogen and oxygen atoms in total. The summed E-state index contributed by atoms with van der Waals surface area (Å²) < 4.78 is 10.7. The van der Waals surface area contributed by atoms with Crippen molar-refractivity contribution in [3.05, 3.63) is 96.2 Å². The van der Waals surface area contributed by atoms with Gasteiger partial charge in [0.2, 0.25) is 5.76 Å². The first-order valence-corrected chi connectivity index (χ1v) is 9.75. The van der Waals surface area contributed by atoms with Crippen LogP contribution in [0.3, 0.4) is 0 Å². The number of hydrogen-bond acceptors (Lipinski definition) is 7. The normalized spacial score (nSPS) is 12.2. The van der Waals surface area contributed by atoms with Crippen molar-refractivity contribution in [3.63, 3.8) is 0 Å². The molecule has 4 rings (SSSR count). The predicted molar refractivity (Wildman–Crippen MR) is 114 cm³/mol. The molecule has 0 aliphatic heterocycles. The van der Waals surface area contributed by atoms with Gasteiger partial charge in [0.05, 0.1) is 4.92 Å². The van der Waals surface area contributed by atoms with Gasteiger partial charge in [-0.05, 0) is 49.2 Å². The summed E-state index contributed by atoms with van der Waals surface area (Å²) in [5, 5.41) is 26.1. The third kappa shape index (κ3) is 3.77. The molecule has 2 heterocycles. The van der Waals surface area contributed by atoms with Crippen molar-refractivity contribution < 1.29 is 19.0 Å². The number of phenolic OH excluding ortho intramolecular Hbond substituents is 1. The number of aryl methyl sites for hydroxylation is 2. The van der Waals surface area contributed by atoms with Crippen LogP contribution in [-0.4, -0.2) is 15.2 Å². The third-order valence-corrected chi connectivity index (χ3v) is 5.54. The molecule has 2 aromatic carbocycles. The highest BCUT2D eigenvalue weighted by Crippen LogP contribution is 2.36. The molecule has 0 saturated heterocycles. The number of nitrogens with zero attached hydrogens (tertiary/aromatic N) is 2. The smallest absolute Gasteiger partial charge is 0.340 e. The Bertz CT molecular complexity index is 1360. The van der Waals surface area contributed by atoms with Gasteiger partial charge >= 0.3 is 11.3 Å². The maximum atomic E-state index is 13.0. The second-order valence-electron chi connectivity index (χ2n) is 7.21. The molecule has 4 aromatic rings. The molecule has 1 unspecified atom stereocenters. The fraction of sp³-hybridized carbons (Fsp3) is 0.182. The van der Waals surface area contributed by atoms with Gasteiger partial charge in [0.15, 0.2) is 5.69 Å². The van der Waals surface area contributed by atoms with E-state index < -0.39 is 16.5 Å². The Morgan fingerprint density at radius 3 is 2.58 bits per heavy atom. The van der Waals surface area contributed by atoms with Crippen LogP contribution in [0.4, 0.5) is 5.69 Å². The van der Waals surface area contributed by atoms with Crippen molar-refractivity contribution in [1.82, 2.24) is 5.16 Å². The van der Waals surface area contributed by atoms with E-state index in [1.165, 1.54) is 19.1 Å². The van der Waals surface area contributed by atoms with E-state index in [0.29, 0.717) is 27.1 Å². The van der Waals surface area contributed by atoms with Crippen molar-refractivity contribution in [1.29, 1.82) is 0 Å². The number of phenols is 1. The molecule has 0 fully saturated rings. The summed E-state index contributed by atoms with van der Waals surface area (Å²) in [7, 11) is 0. The van der Waals surface area contributed by atoms with Gasteiger partial charge in [-0.15, -0.1) is 0 Å². The third-order valence-electron chi connectivity index (χ3n) is 5.29. The minimum absolute atomic E-state index is 0.0218. The molecule has 158 valence electrons. The summed E-state index contributed by atoms with van der Waals surface area (Å²) in [5.74, 6) is -0.574. The van der Waals surface area contributed by atoms with E-state index in [2.05, 4.69) is 5.16 Å². The summed E-state index contributed by atoms with van der Waals surface area (Å²) in [6.45, 7) is 3.26. The predicted octanol–water partition coefficient (Wildman–Crippen LogP) is 5.04. The Balaban J connectivity index is 1.94. The first-order valence-electron chi connectivity index (χ1n) is 9.37. The Hall–Kier alpha value is -3.65. The van der Waals surface area contributed by atoms with E-state index in [0.717, 1.165) is 0 Å². The molecule has 0 spiro atoms. The molecule has 0 amide bonds. The van der Waals surface area contributed by atoms with Crippen LogP contribution in [0.1, 0.15) is 34.1 Å². The second kappa shape index (κ2) is 7.88. The summed E-state index contributed by atoms with van der Waals surface area (Å²) in [6, 6.07) is 11.4. The maximum absolute atomic E-state index is 13.0. The zero-order valence-corrected chi connectivity index (χ0v) is 17.3. The lowest BCUT2D eigenvalue weighted by Gasteiger charge is -2.18. The van der Waals surface area contributed by atoms with Crippen LogP contribution in [0, 0.1) is 24.0 Å². The summed E-state index contributed by atoms with van der Waals surface area (Å²) >= 11 is 6.03. The van der Waals surface area contributed by atoms with Crippen LogP contribution < -0.4 is 5.63 Å². The highest BCUT2D eigenvalue weighted by Gasteiger charge is 2.31. The van der Waals surface area contributed by atoms with E-state index in [9.17, 15) is 20.0 Å². The molecule has 0 aliphatic rings. The molecule has 2 aromatic heterocycles. The van der Waals surface area contributed by atoms with Gasteiger partial charge in [-0.25, -0.2) is 4.79 Å². The standard InChI is InChI=1S/C22H17ClN2O6/c1-11-16-8-7-15(26)9-18(16)30-22(27)20(11)17(13-3-5-14(23)6-4-13)10-19-21(25(28)29)12(2)24-31-19/h3-9,17,26H,10H2,1-2H3. The summed E-state index contributed by atoms with van der Waals surface area (Å²) in [4.78, 5) is 24.0. The Kier molecular flexibility index (Phi) is 5.24. The molecule has 0 aliphatic carbocycles. The van der Waals surface area contributed by atoms with Crippen molar-refractivity contribution in [3.8, 4) is 5.75 Å². The molecule has 0 saturated carbocycles. The number of aromatic hydroxyl groups is 1. The number of benzene rings is 2.